The molecule has 2 heterocycles. The summed E-state index contributed by atoms with van der Waals surface area (Å²) in [6.45, 7) is 4.30. The first kappa shape index (κ1) is 20.1. The first-order chi connectivity index (χ1) is 13.7. The van der Waals surface area contributed by atoms with E-state index >= 15 is 0 Å². The van der Waals surface area contributed by atoms with E-state index in [2.05, 4.69) is 24.1 Å². The number of aromatic nitrogens is 2. The Balaban J connectivity index is 1.67. The zero-order valence-corrected chi connectivity index (χ0v) is 17.0. The zero-order chi connectivity index (χ0) is 20.8. The number of nitrogens with one attached hydrogen (secondary N) is 1. The molecule has 3 aromatic rings. The lowest BCUT2D eigenvalue weighted by Gasteiger charge is -2.25. The maximum atomic E-state index is 13.1. The van der Waals surface area contributed by atoms with Gasteiger partial charge in [-0.1, -0.05) is 26.0 Å². The Morgan fingerprint density at radius 1 is 1.34 bits per heavy atom. The van der Waals surface area contributed by atoms with Gasteiger partial charge < -0.3 is 5.32 Å². The number of thiophene rings is 1. The predicted molar refractivity (Wildman–Crippen MR) is 109 cm³/mol. The quantitative estimate of drug-likeness (QED) is 0.680. The Hall–Kier alpha value is -2.19. The maximum Gasteiger partial charge on any atom is 0.416 e. The van der Waals surface area contributed by atoms with Crippen LogP contribution in [-0.2, 0) is 25.6 Å². The molecule has 0 fully saturated rings. The van der Waals surface area contributed by atoms with Gasteiger partial charge in [0.05, 0.1) is 23.8 Å². The molecule has 1 N–H and O–H groups in total. The molecule has 4 rings (SSSR count). The van der Waals surface area contributed by atoms with Crippen molar-refractivity contribution in [1.29, 1.82) is 0 Å². The molecule has 8 heteroatoms. The van der Waals surface area contributed by atoms with Crippen LogP contribution in [0.2, 0.25) is 0 Å². The van der Waals surface area contributed by atoms with Crippen LogP contribution in [0.25, 0.3) is 10.2 Å². The highest BCUT2D eigenvalue weighted by molar-refractivity contribution is 7.18. The molecule has 29 heavy (non-hydrogen) atoms. The van der Waals surface area contributed by atoms with E-state index in [1.54, 1.807) is 17.4 Å². The molecule has 1 aliphatic carbocycles. The number of halogens is 3. The van der Waals surface area contributed by atoms with E-state index in [9.17, 15) is 18.0 Å². The molecule has 1 aromatic carbocycles. The first-order valence-corrected chi connectivity index (χ1v) is 10.5. The lowest BCUT2D eigenvalue weighted by Crippen LogP contribution is -2.38. The fraction of sp³-hybridized carbons (Fsp3) is 0.429. The molecule has 0 amide bonds. The molecule has 1 unspecified atom stereocenters. The third-order valence-electron chi connectivity index (χ3n) is 5.21. The average Bonchev–Trinajstić information content (AvgIpc) is 3.01. The molecule has 0 spiro atoms. The van der Waals surface area contributed by atoms with Gasteiger partial charge in [-0.15, -0.1) is 11.3 Å². The number of hydrogen-bond acceptors (Lipinski definition) is 4. The summed E-state index contributed by atoms with van der Waals surface area (Å²) in [4.78, 5) is 19.4. The van der Waals surface area contributed by atoms with Crippen molar-refractivity contribution in [1.82, 2.24) is 14.9 Å². The van der Waals surface area contributed by atoms with E-state index in [1.165, 1.54) is 21.8 Å². The van der Waals surface area contributed by atoms with Gasteiger partial charge in [0.25, 0.3) is 5.56 Å². The van der Waals surface area contributed by atoms with Gasteiger partial charge in [-0.25, -0.2) is 4.98 Å². The van der Waals surface area contributed by atoms with Crippen molar-refractivity contribution in [2.45, 2.75) is 57.9 Å². The molecule has 4 nitrogen and oxygen atoms in total. The number of hydrogen-bond donors (Lipinski definition) is 1. The summed E-state index contributed by atoms with van der Waals surface area (Å²) in [5.41, 5.74) is 0.588. The summed E-state index contributed by atoms with van der Waals surface area (Å²) in [7, 11) is 0. The van der Waals surface area contributed by atoms with Crippen LogP contribution in [0.15, 0.2) is 35.4 Å². The van der Waals surface area contributed by atoms with E-state index in [4.69, 9.17) is 0 Å². The fourth-order valence-electron chi connectivity index (χ4n) is 3.97. The Kier molecular flexibility index (Phi) is 5.25. The van der Waals surface area contributed by atoms with E-state index in [0.29, 0.717) is 27.9 Å². The smallest absolute Gasteiger partial charge is 0.311 e. The second-order valence-electron chi connectivity index (χ2n) is 7.82. The number of nitrogens with zero attached hydrogens (tertiary/aromatic N) is 2. The molecule has 0 radical (unpaired) electrons. The van der Waals surface area contributed by atoms with Crippen LogP contribution < -0.4 is 10.9 Å². The highest BCUT2D eigenvalue weighted by Crippen LogP contribution is 2.34. The predicted octanol–water partition coefficient (Wildman–Crippen LogP) is 4.38. The minimum absolute atomic E-state index is 0.0633. The number of fused-ring (bicyclic) bond motifs is 3. The van der Waals surface area contributed by atoms with Gasteiger partial charge >= 0.3 is 6.18 Å². The number of benzene rings is 1. The molecule has 1 aliphatic rings. The third-order valence-corrected chi connectivity index (χ3v) is 6.37. The summed E-state index contributed by atoms with van der Waals surface area (Å²) in [5.74, 6) is 0. The van der Waals surface area contributed by atoms with Crippen LogP contribution in [0, 0.1) is 0 Å². The number of alkyl halides is 3. The van der Waals surface area contributed by atoms with Crippen molar-refractivity contribution < 1.29 is 13.2 Å². The number of rotatable bonds is 4. The summed E-state index contributed by atoms with van der Waals surface area (Å²) in [6, 6.07) is 5.87. The monoisotopic (exact) mass is 421 g/mol. The Morgan fingerprint density at radius 2 is 2.14 bits per heavy atom. The van der Waals surface area contributed by atoms with Crippen molar-refractivity contribution in [3.8, 4) is 0 Å². The molecule has 0 saturated heterocycles. The second-order valence-corrected chi connectivity index (χ2v) is 8.90. The molecule has 0 saturated carbocycles. The normalized spacial score (nSPS) is 17.1. The first-order valence-electron chi connectivity index (χ1n) is 9.64. The molecule has 1 atom stereocenters. The van der Waals surface area contributed by atoms with Crippen molar-refractivity contribution >= 4 is 21.6 Å². The molecule has 154 valence electrons. The van der Waals surface area contributed by atoms with E-state index in [1.807, 2.05) is 0 Å². The van der Waals surface area contributed by atoms with Gasteiger partial charge in [0, 0.05) is 17.0 Å². The Morgan fingerprint density at radius 3 is 2.86 bits per heavy atom. The Bertz CT molecular complexity index is 1100. The van der Waals surface area contributed by atoms with Gasteiger partial charge in [-0.05, 0) is 42.5 Å². The molecular weight excluding hydrogens is 399 g/mol. The van der Waals surface area contributed by atoms with E-state index < -0.39 is 11.7 Å². The van der Waals surface area contributed by atoms with Gasteiger partial charge in [0.2, 0.25) is 0 Å². The fourth-order valence-corrected chi connectivity index (χ4v) is 5.23. The van der Waals surface area contributed by atoms with Crippen LogP contribution in [0.1, 0.15) is 41.8 Å². The van der Waals surface area contributed by atoms with Crippen LogP contribution in [0.4, 0.5) is 13.2 Å². The SMILES string of the molecule is CC(C)NC1CCc2c(sc3ncn(Cc4cccc(C(F)(F)F)c4)c(=O)c23)C1. The largest absolute Gasteiger partial charge is 0.416 e. The molecular formula is C21H22F3N3OS. The van der Waals surface area contributed by atoms with Crippen molar-refractivity contribution in [2.24, 2.45) is 0 Å². The second kappa shape index (κ2) is 7.57. The summed E-state index contributed by atoms with van der Waals surface area (Å²) < 4.78 is 40.3. The highest BCUT2D eigenvalue weighted by atomic mass is 32.1. The topological polar surface area (TPSA) is 46.9 Å². The van der Waals surface area contributed by atoms with Gasteiger partial charge in [-0.2, -0.15) is 13.2 Å². The lowest BCUT2D eigenvalue weighted by molar-refractivity contribution is -0.137. The van der Waals surface area contributed by atoms with Crippen LogP contribution in [-0.4, -0.2) is 21.6 Å². The minimum atomic E-state index is -4.41. The van der Waals surface area contributed by atoms with Crippen molar-refractivity contribution in [3.05, 3.63) is 62.5 Å². The van der Waals surface area contributed by atoms with Crippen molar-refractivity contribution in [2.75, 3.05) is 0 Å². The summed E-state index contributed by atoms with van der Waals surface area (Å²) >= 11 is 1.55. The average molecular weight is 421 g/mol. The molecule has 0 bridgehead atoms. The lowest BCUT2D eigenvalue weighted by atomic mass is 9.92. The summed E-state index contributed by atoms with van der Waals surface area (Å²) in [6.07, 6.45) is -0.322. The van der Waals surface area contributed by atoms with Gasteiger partial charge in [0.15, 0.2) is 0 Å². The zero-order valence-electron chi connectivity index (χ0n) is 16.2. The minimum Gasteiger partial charge on any atom is -0.311 e. The van der Waals surface area contributed by atoms with Crippen LogP contribution >= 0.6 is 11.3 Å². The van der Waals surface area contributed by atoms with Crippen molar-refractivity contribution in [3.63, 3.8) is 0 Å². The van der Waals surface area contributed by atoms with Gasteiger partial charge in [0.1, 0.15) is 4.83 Å². The maximum absolute atomic E-state index is 13.1. The Labute approximate surface area is 170 Å². The third kappa shape index (κ3) is 4.09. The van der Waals surface area contributed by atoms with E-state index in [-0.39, 0.29) is 12.1 Å². The highest BCUT2D eigenvalue weighted by Gasteiger charge is 2.30. The molecule has 2 aromatic heterocycles. The van der Waals surface area contributed by atoms with Crippen LogP contribution in [0.5, 0.6) is 0 Å². The standard InChI is InChI=1S/C21H22F3N3OS/c1-12(2)26-15-6-7-16-17(9-15)29-19-18(16)20(28)27(11-25-19)10-13-4-3-5-14(8-13)21(22,23)24/h3-5,8,11-12,15,26H,6-7,9-10H2,1-2H3. The van der Waals surface area contributed by atoms with Gasteiger partial charge in [-0.3, -0.25) is 9.36 Å². The summed E-state index contributed by atoms with van der Waals surface area (Å²) in [5, 5.41) is 4.18. The number of aryl methyl sites for hydroxylation is 1. The van der Waals surface area contributed by atoms with Crippen LogP contribution in [0.3, 0.4) is 0 Å². The van der Waals surface area contributed by atoms with E-state index in [0.717, 1.165) is 37.0 Å². The molecule has 0 aliphatic heterocycles.